The maximum Gasteiger partial charge on any atom is 0.321 e. The predicted molar refractivity (Wildman–Crippen MR) is 74.9 cm³/mol. The van der Waals surface area contributed by atoms with Gasteiger partial charge < -0.3 is 5.11 Å². The van der Waals surface area contributed by atoms with E-state index in [2.05, 4.69) is 0 Å². The molecule has 1 unspecified atom stereocenters. The van der Waals surface area contributed by atoms with Gasteiger partial charge >= 0.3 is 5.97 Å². The number of hydrogen-bond donors (Lipinski definition) is 1. The second-order valence-corrected chi connectivity index (χ2v) is 6.91. The third kappa shape index (κ3) is 2.28. The molecule has 8 nitrogen and oxygen atoms in total. The smallest absolute Gasteiger partial charge is 0.321 e. The average Bonchev–Trinajstić information content (AvgIpc) is 2.70. The summed E-state index contributed by atoms with van der Waals surface area (Å²) in [5.41, 5.74) is 0.116. The molecule has 9 heteroatoms. The highest BCUT2D eigenvalue weighted by atomic mass is 32.2. The van der Waals surface area contributed by atoms with Crippen LogP contribution in [0.25, 0.3) is 0 Å². The molecule has 1 aliphatic rings. The highest BCUT2D eigenvalue weighted by Crippen LogP contribution is 2.26. The van der Waals surface area contributed by atoms with Crippen LogP contribution in [0.15, 0.2) is 23.1 Å². The molecular weight excluding hydrogens is 312 g/mol. The number of imide groups is 1. The number of hydrogen-bond acceptors (Lipinski definition) is 5. The van der Waals surface area contributed by atoms with Crippen LogP contribution in [0, 0.1) is 0 Å². The summed E-state index contributed by atoms with van der Waals surface area (Å²) in [7, 11) is -1.65. The fraction of sp³-hybridized carbons (Fsp3) is 0.308. The minimum atomic E-state index is -4.09. The Labute approximate surface area is 127 Å². The molecule has 1 heterocycles. The van der Waals surface area contributed by atoms with Crippen LogP contribution in [0.3, 0.4) is 0 Å². The summed E-state index contributed by atoms with van der Waals surface area (Å²) in [5.74, 6) is -2.39. The third-order valence-corrected chi connectivity index (χ3v) is 5.57. The van der Waals surface area contributed by atoms with Gasteiger partial charge in [0.05, 0.1) is 16.0 Å². The number of carboxylic acids is 1. The molecular formula is C13H14N2O6S. The van der Waals surface area contributed by atoms with Crippen molar-refractivity contribution in [3.63, 3.8) is 0 Å². The van der Waals surface area contributed by atoms with Gasteiger partial charge in [-0.25, -0.2) is 8.42 Å². The van der Waals surface area contributed by atoms with E-state index in [1.54, 1.807) is 0 Å². The van der Waals surface area contributed by atoms with Gasteiger partial charge in [-0.05, 0) is 25.1 Å². The van der Waals surface area contributed by atoms with Gasteiger partial charge in [-0.1, -0.05) is 0 Å². The Kier molecular flexibility index (Phi) is 3.80. The average molecular weight is 326 g/mol. The number of likely N-dealkylation sites (N-methyl/N-ethyl adjacent to an activating group) is 1. The van der Waals surface area contributed by atoms with Crippen molar-refractivity contribution in [2.45, 2.75) is 17.9 Å². The largest absolute Gasteiger partial charge is 0.480 e. The lowest BCUT2D eigenvalue weighted by molar-refractivity contribution is -0.140. The molecule has 22 heavy (non-hydrogen) atoms. The number of fused-ring (bicyclic) bond motifs is 1. The summed E-state index contributed by atoms with van der Waals surface area (Å²) < 4.78 is 25.5. The van der Waals surface area contributed by atoms with E-state index in [0.717, 1.165) is 18.0 Å². The van der Waals surface area contributed by atoms with Gasteiger partial charge in [0.25, 0.3) is 11.8 Å². The lowest BCUT2D eigenvalue weighted by Crippen LogP contribution is -2.40. The molecule has 0 radical (unpaired) electrons. The topological polar surface area (TPSA) is 112 Å². The van der Waals surface area contributed by atoms with Crippen LogP contribution in [0.4, 0.5) is 0 Å². The van der Waals surface area contributed by atoms with Crippen molar-refractivity contribution < 1.29 is 27.9 Å². The Balaban J connectivity index is 2.50. The first-order valence-corrected chi connectivity index (χ1v) is 7.70. The first kappa shape index (κ1) is 16.1. The SMILES string of the molecule is CC(C(=O)O)N(C)S(=O)(=O)c1ccc2c(c1)C(=O)N(C)C2=O. The molecule has 1 aliphatic heterocycles. The molecule has 0 saturated heterocycles. The first-order valence-electron chi connectivity index (χ1n) is 6.26. The lowest BCUT2D eigenvalue weighted by Gasteiger charge is -2.21. The van der Waals surface area contributed by atoms with Gasteiger partial charge in [0.15, 0.2) is 0 Å². The van der Waals surface area contributed by atoms with Crippen LogP contribution < -0.4 is 0 Å². The third-order valence-electron chi connectivity index (χ3n) is 3.64. The van der Waals surface area contributed by atoms with E-state index in [-0.39, 0.29) is 16.0 Å². The quantitative estimate of drug-likeness (QED) is 0.780. The van der Waals surface area contributed by atoms with Crippen molar-refractivity contribution in [3.05, 3.63) is 29.3 Å². The Morgan fingerprint density at radius 1 is 1.23 bits per heavy atom. The zero-order chi connectivity index (χ0) is 16.8. The summed E-state index contributed by atoms with van der Waals surface area (Å²) in [6.07, 6.45) is 0. The number of aliphatic carboxylic acids is 1. The van der Waals surface area contributed by atoms with Crippen molar-refractivity contribution >= 4 is 27.8 Å². The fourth-order valence-electron chi connectivity index (χ4n) is 2.03. The monoisotopic (exact) mass is 326 g/mol. The van der Waals surface area contributed by atoms with Gasteiger partial charge in [-0.2, -0.15) is 4.31 Å². The highest BCUT2D eigenvalue weighted by molar-refractivity contribution is 7.89. The van der Waals surface area contributed by atoms with Crippen LogP contribution in [0.5, 0.6) is 0 Å². The van der Waals surface area contributed by atoms with Crippen molar-refractivity contribution in [2.24, 2.45) is 0 Å². The van der Waals surface area contributed by atoms with Gasteiger partial charge in [-0.3, -0.25) is 19.3 Å². The number of carbonyl (C=O) groups excluding carboxylic acids is 2. The van der Waals surface area contributed by atoms with Crippen LogP contribution in [0.1, 0.15) is 27.6 Å². The standard InChI is InChI=1S/C13H14N2O6S/c1-7(13(18)19)15(3)22(20,21)8-4-5-9-10(6-8)12(17)14(2)11(9)16/h4-7H,1-3H3,(H,18,19). The maximum atomic E-state index is 12.4. The van der Waals surface area contributed by atoms with E-state index in [9.17, 15) is 22.8 Å². The molecule has 0 fully saturated rings. The number of nitrogens with zero attached hydrogens (tertiary/aromatic N) is 2. The second-order valence-electron chi connectivity index (χ2n) is 4.91. The van der Waals surface area contributed by atoms with E-state index in [1.165, 1.54) is 26.1 Å². The molecule has 1 aromatic rings. The minimum absolute atomic E-state index is 0.00930. The van der Waals surface area contributed by atoms with Crippen molar-refractivity contribution in [2.75, 3.05) is 14.1 Å². The number of carbonyl (C=O) groups is 3. The molecule has 118 valence electrons. The molecule has 0 bridgehead atoms. The Hall–Kier alpha value is -2.26. The van der Waals surface area contributed by atoms with E-state index in [1.807, 2.05) is 0 Å². The summed E-state index contributed by atoms with van der Waals surface area (Å²) in [4.78, 5) is 35.3. The Morgan fingerprint density at radius 3 is 2.32 bits per heavy atom. The normalized spacial score (nSPS) is 16.1. The summed E-state index contributed by atoms with van der Waals surface area (Å²) in [5, 5.41) is 8.92. The Morgan fingerprint density at radius 2 is 1.77 bits per heavy atom. The molecule has 0 spiro atoms. The van der Waals surface area contributed by atoms with E-state index in [0.29, 0.717) is 4.31 Å². The summed E-state index contributed by atoms with van der Waals surface area (Å²) >= 11 is 0. The first-order chi connectivity index (χ1) is 10.1. The zero-order valence-electron chi connectivity index (χ0n) is 12.1. The lowest BCUT2D eigenvalue weighted by atomic mass is 10.1. The molecule has 1 N–H and O–H groups in total. The van der Waals surface area contributed by atoms with Gasteiger partial charge in [0.1, 0.15) is 6.04 Å². The molecule has 2 rings (SSSR count). The van der Waals surface area contributed by atoms with Gasteiger partial charge in [0.2, 0.25) is 10.0 Å². The van der Waals surface area contributed by atoms with Crippen molar-refractivity contribution in [3.8, 4) is 0 Å². The number of amides is 2. The van der Waals surface area contributed by atoms with Crippen LogP contribution >= 0.6 is 0 Å². The van der Waals surface area contributed by atoms with E-state index < -0.39 is 33.8 Å². The second kappa shape index (κ2) is 5.18. The maximum absolute atomic E-state index is 12.4. The highest BCUT2D eigenvalue weighted by Gasteiger charge is 2.35. The number of sulfonamides is 1. The fourth-order valence-corrected chi connectivity index (χ4v) is 3.38. The zero-order valence-corrected chi connectivity index (χ0v) is 12.9. The number of carboxylic acid groups (broad SMARTS) is 1. The molecule has 1 atom stereocenters. The minimum Gasteiger partial charge on any atom is -0.480 e. The van der Waals surface area contributed by atoms with Gasteiger partial charge in [0, 0.05) is 14.1 Å². The molecule has 2 amide bonds. The van der Waals surface area contributed by atoms with Gasteiger partial charge in [-0.15, -0.1) is 0 Å². The Bertz CT molecular complexity index is 786. The van der Waals surface area contributed by atoms with Crippen LogP contribution in [-0.2, 0) is 14.8 Å². The van der Waals surface area contributed by atoms with Crippen LogP contribution in [0.2, 0.25) is 0 Å². The van der Waals surface area contributed by atoms with Crippen molar-refractivity contribution in [1.29, 1.82) is 0 Å². The number of benzene rings is 1. The van der Waals surface area contributed by atoms with Crippen LogP contribution in [-0.4, -0.2) is 60.7 Å². The predicted octanol–water partition coefficient (Wildman–Crippen LogP) is 0.00600. The summed E-state index contributed by atoms with van der Waals surface area (Å²) in [6.45, 7) is 1.23. The molecule has 1 aromatic carbocycles. The van der Waals surface area contributed by atoms with E-state index in [4.69, 9.17) is 5.11 Å². The molecule has 0 aliphatic carbocycles. The number of rotatable bonds is 4. The summed E-state index contributed by atoms with van der Waals surface area (Å²) in [6, 6.07) is 2.27. The van der Waals surface area contributed by atoms with E-state index >= 15 is 0 Å². The molecule has 0 saturated carbocycles. The van der Waals surface area contributed by atoms with Crippen molar-refractivity contribution in [1.82, 2.24) is 9.21 Å². The molecule has 0 aromatic heterocycles.